The Labute approximate surface area is 222 Å². The number of pyridine rings is 1. The predicted octanol–water partition coefficient (Wildman–Crippen LogP) is 4.42. The molecule has 0 aliphatic carbocycles. The van der Waals surface area contributed by atoms with Crippen LogP contribution in [-0.2, 0) is 17.8 Å². The Balaban J connectivity index is 1.80. The molecule has 0 aliphatic heterocycles. The number of carboxylic acid groups (broad SMARTS) is 1. The lowest BCUT2D eigenvalue weighted by Crippen LogP contribution is -2.43. The summed E-state index contributed by atoms with van der Waals surface area (Å²) in [6, 6.07) is 11.8. The van der Waals surface area contributed by atoms with Gasteiger partial charge in [-0.3, -0.25) is 9.78 Å². The van der Waals surface area contributed by atoms with Gasteiger partial charge in [0, 0.05) is 23.1 Å². The summed E-state index contributed by atoms with van der Waals surface area (Å²) in [5, 5.41) is 22.3. The van der Waals surface area contributed by atoms with Gasteiger partial charge in [-0.2, -0.15) is 0 Å². The second-order valence-electron chi connectivity index (χ2n) is 8.82. The van der Waals surface area contributed by atoms with Gasteiger partial charge in [0.25, 0.3) is 5.91 Å². The second-order valence-corrected chi connectivity index (χ2v) is 8.82. The lowest BCUT2D eigenvalue weighted by Gasteiger charge is -2.19. The number of fused-ring (bicyclic) bond motifs is 1. The first-order valence-corrected chi connectivity index (χ1v) is 11.9. The van der Waals surface area contributed by atoms with Gasteiger partial charge >= 0.3 is 5.97 Å². The van der Waals surface area contributed by atoms with Crippen LogP contribution in [0.1, 0.15) is 27.2 Å². The van der Waals surface area contributed by atoms with E-state index in [1.807, 2.05) is 6.92 Å². The summed E-state index contributed by atoms with van der Waals surface area (Å²) in [5.74, 6) is -3.86. The Morgan fingerprint density at radius 3 is 2.21 bits per heavy atom. The number of ether oxygens (including phenoxy) is 2. The molecule has 1 atom stereocenters. The summed E-state index contributed by atoms with van der Waals surface area (Å²) < 4.78 is 39.4. The number of carbonyl (C=O) groups excluding carboxylic acids is 1. The molecule has 0 saturated heterocycles. The Morgan fingerprint density at radius 1 is 1.00 bits per heavy atom. The molecule has 202 valence electrons. The summed E-state index contributed by atoms with van der Waals surface area (Å²) in [4.78, 5) is 29.4. The molecular formula is C29H26F2N2O6. The van der Waals surface area contributed by atoms with E-state index in [1.165, 1.54) is 14.2 Å². The summed E-state index contributed by atoms with van der Waals surface area (Å²) in [6.07, 6.45) is -0.184. The van der Waals surface area contributed by atoms with Crippen molar-refractivity contribution in [1.82, 2.24) is 10.3 Å². The number of aliphatic hydroxyl groups excluding tert-OH is 1. The molecule has 0 saturated carbocycles. The van der Waals surface area contributed by atoms with Crippen LogP contribution in [0.25, 0.3) is 22.0 Å². The van der Waals surface area contributed by atoms with Crippen LogP contribution in [0.4, 0.5) is 8.78 Å². The van der Waals surface area contributed by atoms with E-state index in [2.05, 4.69) is 5.32 Å². The Hall–Kier alpha value is -4.57. The standard InChI is InChI=1S/C29H26F2N2O6/c1-15-7-9-18-17(13-22(29(36)37)33-28(35)26-20(30)5-4-6-21(26)31)8-10-19(27(18)32-15)25-23(38-2)11-16(14-34)12-24(25)39-3/h4-12,22,34H,13-14H2,1-3H3,(H,33,35)(H,36,37). The molecule has 3 aromatic carbocycles. The van der Waals surface area contributed by atoms with Crippen molar-refractivity contribution in [2.45, 2.75) is 26.0 Å². The van der Waals surface area contributed by atoms with Crippen molar-refractivity contribution in [3.63, 3.8) is 0 Å². The van der Waals surface area contributed by atoms with Crippen LogP contribution in [0, 0.1) is 18.6 Å². The van der Waals surface area contributed by atoms with Gasteiger partial charge in [-0.25, -0.2) is 13.6 Å². The number of aliphatic carboxylic acids is 1. The number of amides is 1. The van der Waals surface area contributed by atoms with Crippen LogP contribution in [-0.4, -0.2) is 47.3 Å². The lowest BCUT2D eigenvalue weighted by atomic mass is 9.93. The normalized spacial score (nSPS) is 11.7. The fraction of sp³-hybridized carbons (Fsp3) is 0.207. The number of nitrogens with one attached hydrogen (secondary N) is 1. The first-order chi connectivity index (χ1) is 18.7. The SMILES string of the molecule is COc1cc(CO)cc(OC)c1-c1ccc(CC(NC(=O)c2c(F)cccc2F)C(=O)O)c2ccc(C)nc12. The second kappa shape index (κ2) is 11.4. The molecule has 0 radical (unpaired) electrons. The van der Waals surface area contributed by atoms with Crippen LogP contribution < -0.4 is 14.8 Å². The highest BCUT2D eigenvalue weighted by Crippen LogP contribution is 2.43. The van der Waals surface area contributed by atoms with Crippen LogP contribution in [0.3, 0.4) is 0 Å². The average Bonchev–Trinajstić information content (AvgIpc) is 2.91. The molecule has 1 aromatic heterocycles. The van der Waals surface area contributed by atoms with Gasteiger partial charge in [0.1, 0.15) is 34.7 Å². The fourth-order valence-electron chi connectivity index (χ4n) is 4.44. The van der Waals surface area contributed by atoms with E-state index < -0.39 is 35.1 Å². The van der Waals surface area contributed by atoms with Gasteiger partial charge in [0.15, 0.2) is 0 Å². The van der Waals surface area contributed by atoms with Gasteiger partial charge < -0.3 is 25.0 Å². The van der Waals surface area contributed by atoms with Crippen LogP contribution in [0.5, 0.6) is 11.5 Å². The number of nitrogens with zero attached hydrogens (tertiary/aromatic N) is 1. The minimum Gasteiger partial charge on any atom is -0.496 e. The number of aromatic nitrogens is 1. The zero-order valence-electron chi connectivity index (χ0n) is 21.4. The number of aliphatic hydroxyl groups is 1. The van der Waals surface area contributed by atoms with Crippen molar-refractivity contribution < 1.29 is 38.1 Å². The van der Waals surface area contributed by atoms with Crippen molar-refractivity contribution in [1.29, 1.82) is 0 Å². The zero-order chi connectivity index (χ0) is 28.3. The molecule has 8 nitrogen and oxygen atoms in total. The number of methoxy groups -OCH3 is 2. The number of benzene rings is 3. The number of halogens is 2. The zero-order valence-corrected chi connectivity index (χ0v) is 21.4. The number of carbonyl (C=O) groups is 2. The summed E-state index contributed by atoms with van der Waals surface area (Å²) in [6.45, 7) is 1.59. The van der Waals surface area contributed by atoms with E-state index >= 15 is 0 Å². The molecule has 39 heavy (non-hydrogen) atoms. The smallest absolute Gasteiger partial charge is 0.326 e. The van der Waals surface area contributed by atoms with Gasteiger partial charge in [0.05, 0.1) is 31.9 Å². The van der Waals surface area contributed by atoms with Crippen molar-refractivity contribution in [2.24, 2.45) is 0 Å². The third kappa shape index (κ3) is 5.51. The van der Waals surface area contributed by atoms with Crippen molar-refractivity contribution in [2.75, 3.05) is 14.2 Å². The molecule has 0 aliphatic rings. The summed E-state index contributed by atoms with van der Waals surface area (Å²) in [7, 11) is 2.99. The van der Waals surface area contributed by atoms with E-state index in [9.17, 15) is 28.6 Å². The topological polar surface area (TPSA) is 118 Å². The third-order valence-corrected chi connectivity index (χ3v) is 6.32. The van der Waals surface area contributed by atoms with E-state index in [1.54, 1.807) is 36.4 Å². The molecule has 1 heterocycles. The molecule has 0 spiro atoms. The maximum atomic E-state index is 14.1. The molecule has 0 bridgehead atoms. The summed E-state index contributed by atoms with van der Waals surface area (Å²) in [5.41, 5.74) is 2.72. The van der Waals surface area contributed by atoms with E-state index in [0.29, 0.717) is 50.3 Å². The maximum Gasteiger partial charge on any atom is 0.326 e. The number of aryl methyl sites for hydroxylation is 1. The average molecular weight is 537 g/mol. The first kappa shape index (κ1) is 27.5. The van der Waals surface area contributed by atoms with Crippen LogP contribution >= 0.6 is 0 Å². The lowest BCUT2D eigenvalue weighted by molar-refractivity contribution is -0.139. The van der Waals surface area contributed by atoms with Crippen molar-refractivity contribution >= 4 is 22.8 Å². The highest BCUT2D eigenvalue weighted by molar-refractivity contribution is 6.00. The van der Waals surface area contributed by atoms with Crippen LogP contribution in [0.2, 0.25) is 0 Å². The van der Waals surface area contributed by atoms with Gasteiger partial charge in [0.2, 0.25) is 0 Å². The van der Waals surface area contributed by atoms with Gasteiger partial charge in [-0.05, 0) is 48.4 Å². The van der Waals surface area contributed by atoms with Crippen molar-refractivity contribution in [3.05, 3.63) is 88.6 Å². The fourth-order valence-corrected chi connectivity index (χ4v) is 4.44. The molecule has 0 fully saturated rings. The molecule has 1 amide bonds. The highest BCUT2D eigenvalue weighted by Gasteiger charge is 2.26. The van der Waals surface area contributed by atoms with Gasteiger partial charge in [-0.1, -0.05) is 24.3 Å². The monoisotopic (exact) mass is 536 g/mol. The number of hydrogen-bond donors (Lipinski definition) is 3. The molecule has 4 rings (SSSR count). The summed E-state index contributed by atoms with van der Waals surface area (Å²) >= 11 is 0. The quantitative estimate of drug-likeness (QED) is 0.290. The molecular weight excluding hydrogens is 510 g/mol. The van der Waals surface area contributed by atoms with E-state index in [0.717, 1.165) is 18.2 Å². The molecule has 3 N–H and O–H groups in total. The third-order valence-electron chi connectivity index (χ3n) is 6.32. The van der Waals surface area contributed by atoms with E-state index in [-0.39, 0.29) is 13.0 Å². The van der Waals surface area contributed by atoms with Crippen molar-refractivity contribution in [3.8, 4) is 22.6 Å². The maximum absolute atomic E-state index is 14.1. The molecule has 4 aromatic rings. The Bertz CT molecular complexity index is 1530. The largest absolute Gasteiger partial charge is 0.496 e. The number of carboxylic acids is 1. The molecule has 1 unspecified atom stereocenters. The number of hydrogen-bond acceptors (Lipinski definition) is 6. The Kier molecular flexibility index (Phi) is 8.06. The minimum atomic E-state index is -1.49. The molecule has 10 heteroatoms. The van der Waals surface area contributed by atoms with Gasteiger partial charge in [-0.15, -0.1) is 0 Å². The minimum absolute atomic E-state index is 0.184. The predicted molar refractivity (Wildman–Crippen MR) is 140 cm³/mol. The van der Waals surface area contributed by atoms with E-state index in [4.69, 9.17) is 14.5 Å². The van der Waals surface area contributed by atoms with Crippen LogP contribution in [0.15, 0.2) is 54.6 Å². The number of rotatable bonds is 9. The highest BCUT2D eigenvalue weighted by atomic mass is 19.1. The Morgan fingerprint density at radius 2 is 1.64 bits per heavy atom. The first-order valence-electron chi connectivity index (χ1n) is 11.9.